The van der Waals surface area contributed by atoms with E-state index < -0.39 is 0 Å². The monoisotopic (exact) mass is 263 g/mol. The maximum Gasteiger partial charge on any atom is 0.161 e. The second-order valence-corrected chi connectivity index (χ2v) is 5.57. The maximum atomic E-state index is 5.62. The van der Waals surface area contributed by atoms with Gasteiger partial charge in [-0.25, -0.2) is 0 Å². The van der Waals surface area contributed by atoms with E-state index in [4.69, 9.17) is 9.47 Å². The summed E-state index contributed by atoms with van der Waals surface area (Å²) in [7, 11) is 2.18. The molecular formula is C16H25NO2. The second-order valence-electron chi connectivity index (χ2n) is 5.57. The van der Waals surface area contributed by atoms with Crippen LogP contribution in [-0.4, -0.2) is 31.7 Å². The first-order valence-electron chi connectivity index (χ1n) is 7.26. The van der Waals surface area contributed by atoms with Crippen LogP contribution in [0.2, 0.25) is 0 Å². The zero-order valence-corrected chi connectivity index (χ0v) is 12.3. The summed E-state index contributed by atoms with van der Waals surface area (Å²) in [6, 6.07) is 6.26. The molecule has 0 spiro atoms. The first kappa shape index (κ1) is 14.2. The molecule has 19 heavy (non-hydrogen) atoms. The van der Waals surface area contributed by atoms with Crippen molar-refractivity contribution in [3.8, 4) is 11.5 Å². The van der Waals surface area contributed by atoms with E-state index in [2.05, 4.69) is 37.9 Å². The standard InChI is InChI=1S/C16H25NO2/c1-4-5-13(2)11-17(3)12-14-6-7-15-16(10-14)19-9-8-18-15/h6-7,10,13H,4-5,8-9,11-12H2,1-3H3. The van der Waals surface area contributed by atoms with Crippen molar-refractivity contribution in [1.82, 2.24) is 4.90 Å². The smallest absolute Gasteiger partial charge is 0.161 e. The van der Waals surface area contributed by atoms with Gasteiger partial charge in [-0.05, 0) is 37.1 Å². The van der Waals surface area contributed by atoms with Crippen LogP contribution in [0.1, 0.15) is 32.3 Å². The van der Waals surface area contributed by atoms with Crippen LogP contribution in [0, 0.1) is 5.92 Å². The van der Waals surface area contributed by atoms with Crippen molar-refractivity contribution in [2.75, 3.05) is 26.8 Å². The number of benzene rings is 1. The average molecular weight is 263 g/mol. The van der Waals surface area contributed by atoms with Crippen LogP contribution in [0.3, 0.4) is 0 Å². The van der Waals surface area contributed by atoms with Crippen molar-refractivity contribution < 1.29 is 9.47 Å². The molecule has 0 aromatic heterocycles. The normalized spacial score (nSPS) is 15.6. The third-order valence-electron chi connectivity index (χ3n) is 3.46. The van der Waals surface area contributed by atoms with Crippen molar-refractivity contribution in [3.05, 3.63) is 23.8 Å². The topological polar surface area (TPSA) is 21.7 Å². The van der Waals surface area contributed by atoms with Gasteiger partial charge in [0.15, 0.2) is 11.5 Å². The summed E-state index contributed by atoms with van der Waals surface area (Å²) >= 11 is 0. The summed E-state index contributed by atoms with van der Waals surface area (Å²) in [5.74, 6) is 2.52. The summed E-state index contributed by atoms with van der Waals surface area (Å²) in [4.78, 5) is 2.38. The third kappa shape index (κ3) is 4.13. The first-order chi connectivity index (χ1) is 9.19. The molecule has 0 bridgehead atoms. The van der Waals surface area contributed by atoms with Crippen molar-refractivity contribution in [2.45, 2.75) is 33.2 Å². The van der Waals surface area contributed by atoms with E-state index in [9.17, 15) is 0 Å². The summed E-state index contributed by atoms with van der Waals surface area (Å²) in [6.45, 7) is 7.98. The Morgan fingerprint density at radius 3 is 2.68 bits per heavy atom. The van der Waals surface area contributed by atoms with Crippen molar-refractivity contribution >= 4 is 0 Å². The molecule has 0 aliphatic carbocycles. The van der Waals surface area contributed by atoms with Gasteiger partial charge in [-0.3, -0.25) is 0 Å². The average Bonchev–Trinajstić information content (AvgIpc) is 2.38. The highest BCUT2D eigenvalue weighted by Gasteiger charge is 2.13. The Bertz CT molecular complexity index is 406. The fourth-order valence-corrected chi connectivity index (χ4v) is 2.68. The molecule has 0 saturated carbocycles. The Balaban J connectivity index is 1.91. The predicted molar refractivity (Wildman–Crippen MR) is 77.8 cm³/mol. The summed E-state index contributed by atoms with van der Waals surface area (Å²) in [5, 5.41) is 0. The van der Waals surface area contributed by atoms with Crippen LogP contribution in [-0.2, 0) is 6.54 Å². The lowest BCUT2D eigenvalue weighted by molar-refractivity contribution is 0.171. The molecule has 1 aromatic rings. The van der Waals surface area contributed by atoms with Crippen LogP contribution >= 0.6 is 0 Å². The molecule has 0 fully saturated rings. The number of nitrogens with zero attached hydrogens (tertiary/aromatic N) is 1. The SMILES string of the molecule is CCCC(C)CN(C)Cc1ccc2c(c1)OCCO2. The molecular weight excluding hydrogens is 238 g/mol. The highest BCUT2D eigenvalue weighted by atomic mass is 16.6. The van der Waals surface area contributed by atoms with Crippen LogP contribution in [0.25, 0.3) is 0 Å². The van der Waals surface area contributed by atoms with Gasteiger partial charge in [0, 0.05) is 13.1 Å². The number of hydrogen-bond acceptors (Lipinski definition) is 3. The molecule has 0 radical (unpaired) electrons. The molecule has 0 saturated heterocycles. The predicted octanol–water partition coefficient (Wildman–Crippen LogP) is 3.33. The van der Waals surface area contributed by atoms with Gasteiger partial charge < -0.3 is 14.4 Å². The Hall–Kier alpha value is -1.22. The van der Waals surface area contributed by atoms with E-state index >= 15 is 0 Å². The van der Waals surface area contributed by atoms with Crippen LogP contribution < -0.4 is 9.47 Å². The molecule has 1 unspecified atom stereocenters. The molecule has 3 nitrogen and oxygen atoms in total. The highest BCUT2D eigenvalue weighted by Crippen LogP contribution is 2.31. The van der Waals surface area contributed by atoms with Gasteiger partial charge in [-0.15, -0.1) is 0 Å². The number of fused-ring (bicyclic) bond motifs is 1. The number of ether oxygens (including phenoxy) is 2. The first-order valence-corrected chi connectivity index (χ1v) is 7.26. The summed E-state index contributed by atoms with van der Waals surface area (Å²) in [6.07, 6.45) is 2.56. The molecule has 1 heterocycles. The molecule has 1 aromatic carbocycles. The van der Waals surface area contributed by atoms with Gasteiger partial charge in [0.05, 0.1) is 0 Å². The lowest BCUT2D eigenvalue weighted by atomic mass is 10.1. The summed E-state index contributed by atoms with van der Waals surface area (Å²) < 4.78 is 11.2. The zero-order chi connectivity index (χ0) is 13.7. The van der Waals surface area contributed by atoms with E-state index in [1.807, 2.05) is 6.07 Å². The summed E-state index contributed by atoms with van der Waals surface area (Å²) in [5.41, 5.74) is 1.29. The number of rotatable bonds is 6. The zero-order valence-electron chi connectivity index (χ0n) is 12.3. The largest absolute Gasteiger partial charge is 0.486 e. The van der Waals surface area contributed by atoms with Crippen LogP contribution in [0.4, 0.5) is 0 Å². The quantitative estimate of drug-likeness (QED) is 0.786. The van der Waals surface area contributed by atoms with E-state index in [0.717, 1.165) is 30.5 Å². The molecule has 1 atom stereocenters. The van der Waals surface area contributed by atoms with E-state index in [-0.39, 0.29) is 0 Å². The Kier molecular flexibility index (Phi) is 5.08. The van der Waals surface area contributed by atoms with Crippen molar-refractivity contribution in [2.24, 2.45) is 5.92 Å². The third-order valence-corrected chi connectivity index (χ3v) is 3.46. The minimum absolute atomic E-state index is 0.653. The van der Waals surface area contributed by atoms with Gasteiger partial charge >= 0.3 is 0 Å². The van der Waals surface area contributed by atoms with Crippen LogP contribution in [0.15, 0.2) is 18.2 Å². The molecule has 106 valence electrons. The fourth-order valence-electron chi connectivity index (χ4n) is 2.68. The second kappa shape index (κ2) is 6.80. The van der Waals surface area contributed by atoms with Gasteiger partial charge in [0.25, 0.3) is 0 Å². The van der Waals surface area contributed by atoms with E-state index in [1.165, 1.54) is 18.4 Å². The minimum atomic E-state index is 0.653. The highest BCUT2D eigenvalue weighted by molar-refractivity contribution is 5.43. The molecule has 3 heteroatoms. The van der Waals surface area contributed by atoms with Crippen molar-refractivity contribution in [3.63, 3.8) is 0 Å². The Morgan fingerprint density at radius 2 is 1.95 bits per heavy atom. The van der Waals surface area contributed by atoms with Gasteiger partial charge in [-0.1, -0.05) is 26.3 Å². The van der Waals surface area contributed by atoms with E-state index in [0.29, 0.717) is 13.2 Å². The van der Waals surface area contributed by atoms with Gasteiger partial charge in [0.1, 0.15) is 13.2 Å². The van der Waals surface area contributed by atoms with Gasteiger partial charge in [0.2, 0.25) is 0 Å². The fraction of sp³-hybridized carbons (Fsp3) is 0.625. The number of hydrogen-bond donors (Lipinski definition) is 0. The molecule has 0 N–H and O–H groups in total. The maximum absolute atomic E-state index is 5.62. The van der Waals surface area contributed by atoms with Crippen molar-refractivity contribution in [1.29, 1.82) is 0 Å². The Labute approximate surface area is 116 Å². The minimum Gasteiger partial charge on any atom is -0.486 e. The molecule has 0 amide bonds. The van der Waals surface area contributed by atoms with Crippen LogP contribution in [0.5, 0.6) is 11.5 Å². The molecule has 2 rings (SSSR count). The van der Waals surface area contributed by atoms with E-state index in [1.54, 1.807) is 0 Å². The molecule has 1 aliphatic heterocycles. The lowest BCUT2D eigenvalue weighted by Gasteiger charge is -2.23. The van der Waals surface area contributed by atoms with Gasteiger partial charge in [-0.2, -0.15) is 0 Å². The lowest BCUT2D eigenvalue weighted by Crippen LogP contribution is -2.24. The molecule has 1 aliphatic rings. The Morgan fingerprint density at radius 1 is 1.21 bits per heavy atom.